The number of nitrogens with two attached hydrogens (primary N) is 1. The Labute approximate surface area is 230 Å². The number of unbranched alkanes of at least 4 members (excludes halogenated alkanes) is 6. The lowest BCUT2D eigenvalue weighted by Gasteiger charge is -2.64. The molecule has 0 radical (unpaired) electrons. The molecule has 1 saturated heterocycles. The van der Waals surface area contributed by atoms with Crippen molar-refractivity contribution in [2.45, 2.75) is 142 Å². The average Bonchev–Trinajstić information content (AvgIpc) is 3.19. The summed E-state index contributed by atoms with van der Waals surface area (Å²) >= 11 is 0. The number of hydrogen-bond donors (Lipinski definition) is 3. The molecule has 6 atom stereocenters. The third-order valence-corrected chi connectivity index (χ3v) is 9.41. The van der Waals surface area contributed by atoms with E-state index in [9.17, 15) is 14.4 Å². The molecule has 38 heavy (non-hydrogen) atoms. The Morgan fingerprint density at radius 1 is 1.00 bits per heavy atom. The molecule has 3 aliphatic carbocycles. The van der Waals surface area contributed by atoms with Crippen LogP contribution < -0.4 is 16.4 Å². The fraction of sp³-hybridized carbons (Fsp3) is 0.897. The van der Waals surface area contributed by atoms with Crippen LogP contribution in [0.15, 0.2) is 0 Å². The van der Waals surface area contributed by atoms with Crippen molar-refractivity contribution in [2.75, 3.05) is 0 Å². The molecule has 3 unspecified atom stereocenters. The molecule has 0 aromatic rings. The summed E-state index contributed by atoms with van der Waals surface area (Å²) in [5, 5.41) is 5.82. The largest absolute Gasteiger partial charge is 0.481 e. The van der Waals surface area contributed by atoms with Crippen molar-refractivity contribution in [1.29, 1.82) is 0 Å². The lowest BCUT2D eigenvalue weighted by atomic mass is 9.43. The zero-order valence-corrected chi connectivity index (χ0v) is 24.6. The van der Waals surface area contributed by atoms with Gasteiger partial charge in [0.05, 0.1) is 24.1 Å². The minimum absolute atomic E-state index is 0.0129. The van der Waals surface area contributed by atoms with Crippen LogP contribution in [0.4, 0.5) is 0 Å². The maximum atomic E-state index is 13.4. The van der Waals surface area contributed by atoms with Gasteiger partial charge in [0, 0.05) is 6.42 Å². The lowest BCUT2D eigenvalue weighted by Crippen LogP contribution is -2.65. The fourth-order valence-electron chi connectivity index (χ4n) is 7.02. The van der Waals surface area contributed by atoms with E-state index >= 15 is 0 Å². The SMILES string of the molecule is CCCCCCCCCC(=O)N[C@@H](CC(N)=O)C(=O)NC(CC(C)C)B1OC2CC3C[C@@H](C3(C)C)[C@]2(C)O1. The van der Waals surface area contributed by atoms with Crippen molar-refractivity contribution in [3.63, 3.8) is 0 Å². The quantitative estimate of drug-likeness (QED) is 0.202. The van der Waals surface area contributed by atoms with Crippen LogP contribution >= 0.6 is 0 Å². The third kappa shape index (κ3) is 7.32. The maximum Gasteiger partial charge on any atom is 0.481 e. The van der Waals surface area contributed by atoms with Gasteiger partial charge in [-0.15, -0.1) is 0 Å². The Morgan fingerprint density at radius 3 is 2.26 bits per heavy atom. The summed E-state index contributed by atoms with van der Waals surface area (Å²) in [6.07, 6.45) is 10.6. The Bertz CT molecular complexity index is 837. The van der Waals surface area contributed by atoms with Crippen molar-refractivity contribution in [3.8, 4) is 0 Å². The predicted molar refractivity (Wildman–Crippen MR) is 150 cm³/mol. The van der Waals surface area contributed by atoms with E-state index in [4.69, 9.17) is 15.0 Å². The monoisotopic (exact) mass is 533 g/mol. The highest BCUT2D eigenvalue weighted by atomic mass is 16.7. The van der Waals surface area contributed by atoms with Gasteiger partial charge in [0.25, 0.3) is 0 Å². The number of primary amides is 1. The minimum atomic E-state index is -1.01. The Morgan fingerprint density at radius 2 is 1.66 bits per heavy atom. The average molecular weight is 534 g/mol. The van der Waals surface area contributed by atoms with E-state index in [0.29, 0.717) is 24.7 Å². The third-order valence-electron chi connectivity index (χ3n) is 9.41. The molecule has 1 heterocycles. The van der Waals surface area contributed by atoms with Crippen molar-refractivity contribution < 1.29 is 23.7 Å². The van der Waals surface area contributed by atoms with Crippen LogP contribution in [0.5, 0.6) is 0 Å². The smallest absolute Gasteiger partial charge is 0.404 e. The second kappa shape index (κ2) is 13.2. The molecule has 3 amide bonds. The number of amides is 3. The fourth-order valence-corrected chi connectivity index (χ4v) is 7.02. The van der Waals surface area contributed by atoms with Crippen LogP contribution in [0.2, 0.25) is 0 Å². The summed E-state index contributed by atoms with van der Waals surface area (Å²) in [4.78, 5) is 37.7. The van der Waals surface area contributed by atoms with Gasteiger partial charge in [-0.05, 0) is 55.8 Å². The molecule has 9 heteroatoms. The van der Waals surface area contributed by atoms with Gasteiger partial charge >= 0.3 is 7.12 Å². The molecule has 0 aromatic heterocycles. The molecular formula is C29H52BN3O5. The van der Waals surface area contributed by atoms with Gasteiger partial charge in [-0.25, -0.2) is 0 Å². The normalized spacial score (nSPS) is 28.8. The highest BCUT2D eigenvalue weighted by molar-refractivity contribution is 6.48. The minimum Gasteiger partial charge on any atom is -0.404 e. The highest BCUT2D eigenvalue weighted by Crippen LogP contribution is 2.65. The van der Waals surface area contributed by atoms with E-state index in [2.05, 4.69) is 52.2 Å². The molecule has 0 aromatic carbocycles. The van der Waals surface area contributed by atoms with Gasteiger partial charge in [-0.3, -0.25) is 14.4 Å². The Hall–Kier alpha value is -1.61. The molecule has 4 fully saturated rings. The van der Waals surface area contributed by atoms with Gasteiger partial charge in [0.1, 0.15) is 6.04 Å². The number of carbonyl (C=O) groups is 3. The van der Waals surface area contributed by atoms with Crippen LogP contribution in [-0.4, -0.2) is 48.5 Å². The Kier molecular flexibility index (Phi) is 10.7. The highest BCUT2D eigenvalue weighted by Gasteiger charge is 2.68. The molecule has 2 bridgehead atoms. The lowest BCUT2D eigenvalue weighted by molar-refractivity contribution is -0.199. The summed E-state index contributed by atoms with van der Waals surface area (Å²) in [5.41, 5.74) is 5.30. The zero-order chi connectivity index (χ0) is 28.1. The summed E-state index contributed by atoms with van der Waals surface area (Å²) in [5.74, 6) is -0.315. The van der Waals surface area contributed by atoms with Gasteiger partial charge in [0.2, 0.25) is 17.7 Å². The Balaban J connectivity index is 1.58. The first kappa shape index (κ1) is 30.9. The number of rotatable bonds is 16. The predicted octanol–water partition coefficient (Wildman–Crippen LogP) is 4.29. The first-order valence-corrected chi connectivity index (χ1v) is 15.1. The van der Waals surface area contributed by atoms with Crippen molar-refractivity contribution in [2.24, 2.45) is 28.9 Å². The van der Waals surface area contributed by atoms with Gasteiger partial charge < -0.3 is 25.7 Å². The maximum absolute atomic E-state index is 13.4. The first-order valence-electron chi connectivity index (χ1n) is 15.1. The molecule has 4 rings (SSSR count). The van der Waals surface area contributed by atoms with Crippen LogP contribution in [0.25, 0.3) is 0 Å². The van der Waals surface area contributed by atoms with Crippen molar-refractivity contribution in [1.82, 2.24) is 10.6 Å². The molecule has 8 nitrogen and oxygen atoms in total. The van der Waals surface area contributed by atoms with Gasteiger partial charge in [-0.2, -0.15) is 0 Å². The van der Waals surface area contributed by atoms with E-state index in [-0.39, 0.29) is 41.3 Å². The summed E-state index contributed by atoms with van der Waals surface area (Å²) in [6, 6.07) is -1.01. The number of carbonyl (C=O) groups excluding carboxylic acids is 3. The van der Waals surface area contributed by atoms with Crippen LogP contribution in [0.3, 0.4) is 0 Å². The zero-order valence-electron chi connectivity index (χ0n) is 24.6. The van der Waals surface area contributed by atoms with E-state index in [1.165, 1.54) is 25.7 Å². The molecule has 3 saturated carbocycles. The van der Waals surface area contributed by atoms with Crippen molar-refractivity contribution >= 4 is 24.8 Å². The molecular weight excluding hydrogens is 481 g/mol. The number of hydrogen-bond acceptors (Lipinski definition) is 5. The van der Waals surface area contributed by atoms with E-state index in [1.807, 2.05) is 0 Å². The van der Waals surface area contributed by atoms with Crippen molar-refractivity contribution in [3.05, 3.63) is 0 Å². The number of nitrogens with one attached hydrogen (secondary N) is 2. The van der Waals surface area contributed by atoms with Crippen LogP contribution in [0, 0.1) is 23.2 Å². The van der Waals surface area contributed by atoms with Gasteiger partial charge in [-0.1, -0.05) is 73.1 Å². The topological polar surface area (TPSA) is 120 Å². The van der Waals surface area contributed by atoms with Gasteiger partial charge in [0.15, 0.2) is 0 Å². The van der Waals surface area contributed by atoms with E-state index < -0.39 is 25.0 Å². The second-order valence-corrected chi connectivity index (χ2v) is 13.2. The molecule has 0 spiro atoms. The molecule has 4 N–H and O–H groups in total. The van der Waals surface area contributed by atoms with E-state index in [0.717, 1.165) is 32.1 Å². The first-order chi connectivity index (χ1) is 17.9. The molecule has 1 aliphatic heterocycles. The molecule has 4 aliphatic rings. The summed E-state index contributed by atoms with van der Waals surface area (Å²) < 4.78 is 13.1. The summed E-state index contributed by atoms with van der Waals surface area (Å²) in [7, 11) is -0.566. The summed E-state index contributed by atoms with van der Waals surface area (Å²) in [6.45, 7) is 13.2. The second-order valence-electron chi connectivity index (χ2n) is 13.2. The molecule has 216 valence electrons. The standard InChI is InChI=1S/C29H52BN3O5/c1-7-8-9-10-11-12-13-14-26(35)32-21(18-25(31)34)27(36)33-24(15-19(2)3)30-37-23-17-20-16-22(28(20,4)5)29(23,6)38-30/h19-24H,7-18H2,1-6H3,(H2,31,34)(H,32,35)(H,33,36)/t20?,21-,22-,23?,24?,29-/m0/s1. The van der Waals surface area contributed by atoms with E-state index in [1.54, 1.807) is 0 Å². The van der Waals surface area contributed by atoms with Crippen LogP contribution in [-0.2, 0) is 23.7 Å². The van der Waals surface area contributed by atoms with Crippen LogP contribution in [0.1, 0.15) is 119 Å².